The number of ether oxygens (including phenoxy) is 1. The first-order chi connectivity index (χ1) is 11.8. The van der Waals surface area contributed by atoms with E-state index in [1.54, 1.807) is 0 Å². The van der Waals surface area contributed by atoms with Gasteiger partial charge in [-0.25, -0.2) is 0 Å². The molecule has 0 bridgehead atoms. The Hall–Kier alpha value is -2.17. The second-order valence-electron chi connectivity index (χ2n) is 6.09. The normalized spacial score (nSPS) is 16.5. The standard InChI is InChI=1S/C20H24N2O2/c21-12-6-13-22(15-16-7-2-1-3-8-16)20(23)19-18-10-5-4-9-17(18)11-14-24-19/h1-5,7-10,19H,6,11-15,21H2. The minimum Gasteiger partial charge on any atom is -0.363 e. The minimum atomic E-state index is -0.503. The van der Waals surface area contributed by atoms with Crippen LogP contribution in [-0.2, 0) is 22.5 Å². The van der Waals surface area contributed by atoms with E-state index in [-0.39, 0.29) is 5.91 Å². The van der Waals surface area contributed by atoms with Gasteiger partial charge in [-0.05, 0) is 36.1 Å². The first kappa shape index (κ1) is 16.7. The first-order valence-corrected chi connectivity index (χ1v) is 8.52. The molecular formula is C20H24N2O2. The molecule has 3 rings (SSSR count). The van der Waals surface area contributed by atoms with Gasteiger partial charge in [-0.3, -0.25) is 4.79 Å². The molecule has 2 N–H and O–H groups in total. The SMILES string of the molecule is NCCCN(Cc1ccccc1)C(=O)C1OCCc2ccccc21. The van der Waals surface area contributed by atoms with Gasteiger partial charge in [0.1, 0.15) is 0 Å². The summed E-state index contributed by atoms with van der Waals surface area (Å²) in [6.07, 6.45) is 1.14. The number of rotatable bonds is 6. The number of fused-ring (bicyclic) bond motifs is 1. The molecule has 0 aliphatic carbocycles. The number of carbonyl (C=O) groups excluding carboxylic acids is 1. The molecule has 0 saturated heterocycles. The lowest BCUT2D eigenvalue weighted by Crippen LogP contribution is -2.38. The van der Waals surface area contributed by atoms with E-state index < -0.39 is 6.10 Å². The summed E-state index contributed by atoms with van der Waals surface area (Å²) in [5.74, 6) is 0.0273. The lowest BCUT2D eigenvalue weighted by atomic mass is 9.96. The highest BCUT2D eigenvalue weighted by Gasteiger charge is 2.30. The van der Waals surface area contributed by atoms with Crippen molar-refractivity contribution in [1.29, 1.82) is 0 Å². The van der Waals surface area contributed by atoms with Crippen molar-refractivity contribution in [2.24, 2.45) is 5.73 Å². The van der Waals surface area contributed by atoms with Crippen LogP contribution >= 0.6 is 0 Å². The predicted octanol–water partition coefficient (Wildman–Crippen LogP) is 2.68. The maximum absolute atomic E-state index is 13.1. The van der Waals surface area contributed by atoms with Gasteiger partial charge in [0, 0.05) is 13.1 Å². The van der Waals surface area contributed by atoms with Gasteiger partial charge in [-0.1, -0.05) is 54.6 Å². The zero-order valence-electron chi connectivity index (χ0n) is 13.9. The van der Waals surface area contributed by atoms with Crippen LogP contribution in [0.2, 0.25) is 0 Å². The molecule has 1 unspecified atom stereocenters. The Bertz CT molecular complexity index is 672. The third-order valence-electron chi connectivity index (χ3n) is 4.38. The van der Waals surface area contributed by atoms with Crippen molar-refractivity contribution < 1.29 is 9.53 Å². The van der Waals surface area contributed by atoms with Crippen molar-refractivity contribution >= 4 is 5.91 Å². The number of nitrogens with two attached hydrogens (primary N) is 1. The van der Waals surface area contributed by atoms with Crippen molar-refractivity contribution in [2.45, 2.75) is 25.5 Å². The fourth-order valence-corrected chi connectivity index (χ4v) is 3.12. The summed E-state index contributed by atoms with van der Waals surface area (Å²) in [6.45, 7) is 2.39. The quantitative estimate of drug-likeness (QED) is 0.889. The first-order valence-electron chi connectivity index (χ1n) is 8.52. The lowest BCUT2D eigenvalue weighted by Gasteiger charge is -2.31. The summed E-state index contributed by atoms with van der Waals surface area (Å²) >= 11 is 0. The molecule has 126 valence electrons. The Morgan fingerprint density at radius 2 is 1.88 bits per heavy atom. The molecule has 0 spiro atoms. The Morgan fingerprint density at radius 3 is 2.67 bits per heavy atom. The average Bonchev–Trinajstić information content (AvgIpc) is 2.65. The third-order valence-corrected chi connectivity index (χ3v) is 4.38. The highest BCUT2D eigenvalue weighted by atomic mass is 16.5. The number of hydrogen-bond acceptors (Lipinski definition) is 3. The van der Waals surface area contributed by atoms with Crippen LogP contribution in [0.4, 0.5) is 0 Å². The van der Waals surface area contributed by atoms with E-state index >= 15 is 0 Å². The Labute approximate surface area is 143 Å². The Balaban J connectivity index is 1.81. The van der Waals surface area contributed by atoms with Crippen molar-refractivity contribution in [3.05, 3.63) is 71.3 Å². The zero-order chi connectivity index (χ0) is 16.8. The molecule has 1 heterocycles. The second kappa shape index (κ2) is 8.08. The molecule has 24 heavy (non-hydrogen) atoms. The average molecular weight is 324 g/mol. The molecule has 0 saturated carbocycles. The molecular weight excluding hydrogens is 300 g/mol. The fourth-order valence-electron chi connectivity index (χ4n) is 3.12. The summed E-state index contributed by atoms with van der Waals surface area (Å²) in [5, 5.41) is 0. The molecule has 2 aromatic carbocycles. The van der Waals surface area contributed by atoms with Gasteiger partial charge in [0.05, 0.1) is 6.61 Å². The van der Waals surface area contributed by atoms with E-state index in [1.807, 2.05) is 53.4 Å². The van der Waals surface area contributed by atoms with Crippen LogP contribution in [0.5, 0.6) is 0 Å². The maximum Gasteiger partial charge on any atom is 0.256 e. The van der Waals surface area contributed by atoms with E-state index in [4.69, 9.17) is 10.5 Å². The molecule has 1 amide bonds. The molecule has 0 radical (unpaired) electrons. The smallest absolute Gasteiger partial charge is 0.256 e. The van der Waals surface area contributed by atoms with Gasteiger partial charge in [0.25, 0.3) is 5.91 Å². The van der Waals surface area contributed by atoms with Crippen LogP contribution in [0.15, 0.2) is 54.6 Å². The molecule has 1 aliphatic rings. The van der Waals surface area contributed by atoms with Crippen molar-refractivity contribution in [1.82, 2.24) is 4.90 Å². The van der Waals surface area contributed by atoms with Crippen LogP contribution in [-0.4, -0.2) is 30.5 Å². The van der Waals surface area contributed by atoms with E-state index in [9.17, 15) is 4.79 Å². The number of hydrogen-bond donors (Lipinski definition) is 1. The summed E-state index contributed by atoms with van der Waals surface area (Å²) in [6, 6.07) is 18.1. The number of amides is 1. The molecule has 1 aliphatic heterocycles. The maximum atomic E-state index is 13.1. The highest BCUT2D eigenvalue weighted by Crippen LogP contribution is 2.29. The molecule has 0 aromatic heterocycles. The summed E-state index contributed by atoms with van der Waals surface area (Å²) in [7, 11) is 0. The van der Waals surface area contributed by atoms with Gasteiger partial charge in [-0.15, -0.1) is 0 Å². The zero-order valence-corrected chi connectivity index (χ0v) is 13.9. The highest BCUT2D eigenvalue weighted by molar-refractivity contribution is 5.83. The topological polar surface area (TPSA) is 55.6 Å². The van der Waals surface area contributed by atoms with E-state index in [0.29, 0.717) is 26.2 Å². The molecule has 4 heteroatoms. The van der Waals surface area contributed by atoms with Gasteiger partial charge < -0.3 is 15.4 Å². The van der Waals surface area contributed by atoms with Crippen molar-refractivity contribution in [3.8, 4) is 0 Å². The van der Waals surface area contributed by atoms with Gasteiger partial charge in [-0.2, -0.15) is 0 Å². The molecule has 4 nitrogen and oxygen atoms in total. The van der Waals surface area contributed by atoms with E-state index in [0.717, 1.165) is 24.0 Å². The molecule has 1 atom stereocenters. The van der Waals surface area contributed by atoms with Crippen LogP contribution in [0.3, 0.4) is 0 Å². The summed E-state index contributed by atoms with van der Waals surface area (Å²) in [5.41, 5.74) is 8.98. The Morgan fingerprint density at radius 1 is 1.12 bits per heavy atom. The third kappa shape index (κ3) is 3.83. The number of carbonyl (C=O) groups is 1. The van der Waals surface area contributed by atoms with E-state index in [2.05, 4.69) is 6.07 Å². The van der Waals surface area contributed by atoms with Gasteiger partial charge in [0.15, 0.2) is 6.10 Å². The van der Waals surface area contributed by atoms with Crippen LogP contribution in [0.25, 0.3) is 0 Å². The summed E-state index contributed by atoms with van der Waals surface area (Å²) < 4.78 is 5.84. The van der Waals surface area contributed by atoms with Crippen LogP contribution in [0.1, 0.15) is 29.2 Å². The lowest BCUT2D eigenvalue weighted by molar-refractivity contribution is -0.145. The van der Waals surface area contributed by atoms with Crippen LogP contribution < -0.4 is 5.73 Å². The largest absolute Gasteiger partial charge is 0.363 e. The Kier molecular flexibility index (Phi) is 5.62. The second-order valence-corrected chi connectivity index (χ2v) is 6.09. The van der Waals surface area contributed by atoms with E-state index in [1.165, 1.54) is 5.56 Å². The molecule has 0 fully saturated rings. The van der Waals surface area contributed by atoms with Crippen molar-refractivity contribution in [3.63, 3.8) is 0 Å². The predicted molar refractivity (Wildman–Crippen MR) is 94.4 cm³/mol. The fraction of sp³-hybridized carbons (Fsp3) is 0.350. The number of benzene rings is 2. The van der Waals surface area contributed by atoms with Gasteiger partial charge >= 0.3 is 0 Å². The van der Waals surface area contributed by atoms with Crippen molar-refractivity contribution in [2.75, 3.05) is 19.7 Å². The summed E-state index contributed by atoms with van der Waals surface area (Å²) in [4.78, 5) is 15.0. The molecule has 2 aromatic rings. The number of nitrogens with zero attached hydrogens (tertiary/aromatic N) is 1. The minimum absolute atomic E-state index is 0.0273. The van der Waals surface area contributed by atoms with Crippen LogP contribution in [0, 0.1) is 0 Å². The van der Waals surface area contributed by atoms with Gasteiger partial charge in [0.2, 0.25) is 0 Å². The monoisotopic (exact) mass is 324 g/mol.